The van der Waals surface area contributed by atoms with Crippen molar-refractivity contribution in [2.45, 2.75) is 45.2 Å². The number of likely N-dealkylation sites (tertiary alicyclic amines) is 1. The second kappa shape index (κ2) is 7.57. The van der Waals surface area contributed by atoms with Crippen molar-refractivity contribution in [2.75, 3.05) is 11.9 Å². The Morgan fingerprint density at radius 3 is 3.00 bits per heavy atom. The largest absolute Gasteiger partial charge is 0.325 e. The number of piperidine rings is 1. The van der Waals surface area contributed by atoms with Gasteiger partial charge in [0.05, 0.1) is 12.2 Å². The third kappa shape index (κ3) is 3.48. The van der Waals surface area contributed by atoms with Crippen molar-refractivity contribution >= 4 is 29.0 Å². The number of amides is 2. The summed E-state index contributed by atoms with van der Waals surface area (Å²) >= 11 is 1.53. The fourth-order valence-corrected chi connectivity index (χ4v) is 3.74. The van der Waals surface area contributed by atoms with Crippen LogP contribution in [0.2, 0.25) is 0 Å². The van der Waals surface area contributed by atoms with Crippen LogP contribution in [-0.4, -0.2) is 38.0 Å². The van der Waals surface area contributed by atoms with Gasteiger partial charge < -0.3 is 10.2 Å². The van der Waals surface area contributed by atoms with Gasteiger partial charge in [-0.05, 0) is 25.7 Å². The van der Waals surface area contributed by atoms with Crippen molar-refractivity contribution in [3.8, 4) is 0 Å². The molecule has 0 aliphatic carbocycles. The molecule has 1 saturated heterocycles. The molecule has 1 aliphatic heterocycles. The predicted octanol–water partition coefficient (Wildman–Crippen LogP) is 2.44. The molecule has 0 bridgehead atoms. The minimum absolute atomic E-state index is 0.0995. The maximum Gasteiger partial charge on any atom is 0.315 e. The van der Waals surface area contributed by atoms with Crippen molar-refractivity contribution < 1.29 is 9.59 Å². The first-order valence-electron chi connectivity index (χ1n) is 8.24. The summed E-state index contributed by atoms with van der Waals surface area (Å²) in [6.07, 6.45) is 7.06. The number of carbonyl (C=O) groups excluding carboxylic acids is 2. The van der Waals surface area contributed by atoms with Gasteiger partial charge in [-0.1, -0.05) is 6.92 Å². The van der Waals surface area contributed by atoms with Gasteiger partial charge in [0.15, 0.2) is 0 Å². The average molecular weight is 347 g/mol. The average Bonchev–Trinajstić information content (AvgIpc) is 3.27. The summed E-state index contributed by atoms with van der Waals surface area (Å²) in [5.74, 6) is -0.562. The molecule has 0 unspecified atom stereocenters. The van der Waals surface area contributed by atoms with Gasteiger partial charge in [0.1, 0.15) is 10.8 Å². The van der Waals surface area contributed by atoms with Crippen LogP contribution in [0.1, 0.15) is 43.7 Å². The van der Waals surface area contributed by atoms with E-state index in [2.05, 4.69) is 15.4 Å². The maximum absolute atomic E-state index is 12.7. The van der Waals surface area contributed by atoms with E-state index in [1.165, 1.54) is 11.3 Å². The van der Waals surface area contributed by atoms with Crippen LogP contribution in [0.5, 0.6) is 0 Å². The number of nitrogens with one attached hydrogen (secondary N) is 1. The highest BCUT2D eigenvalue weighted by molar-refractivity contribution is 7.09. The third-order valence-corrected chi connectivity index (χ3v) is 4.96. The lowest BCUT2D eigenvalue weighted by molar-refractivity contribution is -0.145. The molecule has 1 atom stereocenters. The van der Waals surface area contributed by atoms with E-state index in [1.807, 2.05) is 12.3 Å². The van der Waals surface area contributed by atoms with Gasteiger partial charge in [0.2, 0.25) is 0 Å². The molecule has 0 radical (unpaired) electrons. The van der Waals surface area contributed by atoms with Gasteiger partial charge >= 0.3 is 11.8 Å². The van der Waals surface area contributed by atoms with Crippen molar-refractivity contribution in [1.29, 1.82) is 0 Å². The van der Waals surface area contributed by atoms with Crippen LogP contribution in [0, 0.1) is 0 Å². The maximum atomic E-state index is 12.7. The Balaban J connectivity index is 1.72. The molecule has 3 heterocycles. The zero-order chi connectivity index (χ0) is 16.9. The summed E-state index contributed by atoms with van der Waals surface area (Å²) < 4.78 is 1.69. The number of carbonyl (C=O) groups is 2. The lowest BCUT2D eigenvalue weighted by atomic mass is 10.0. The normalized spacial score (nSPS) is 17.7. The lowest BCUT2D eigenvalue weighted by Crippen LogP contribution is -2.44. The first-order valence-corrected chi connectivity index (χ1v) is 9.11. The Kier molecular flexibility index (Phi) is 5.24. The quantitative estimate of drug-likeness (QED) is 0.862. The number of hydrogen-bond donors (Lipinski definition) is 1. The number of rotatable bonds is 4. The van der Waals surface area contributed by atoms with Crippen molar-refractivity contribution in [3.05, 3.63) is 28.8 Å². The minimum Gasteiger partial charge on any atom is -0.325 e. The summed E-state index contributed by atoms with van der Waals surface area (Å²) in [5.41, 5.74) is 0. The smallest absolute Gasteiger partial charge is 0.315 e. The molecule has 128 valence electrons. The topological polar surface area (TPSA) is 80.1 Å². The predicted molar refractivity (Wildman–Crippen MR) is 91.6 cm³/mol. The van der Waals surface area contributed by atoms with Crippen LogP contribution >= 0.6 is 11.3 Å². The van der Waals surface area contributed by atoms with Gasteiger partial charge in [-0.15, -0.1) is 11.3 Å². The molecule has 3 rings (SSSR count). The van der Waals surface area contributed by atoms with E-state index in [0.717, 1.165) is 30.7 Å². The highest BCUT2D eigenvalue weighted by Gasteiger charge is 2.33. The van der Waals surface area contributed by atoms with Gasteiger partial charge in [-0.3, -0.25) is 9.59 Å². The molecule has 0 saturated carbocycles. The molecule has 2 aromatic heterocycles. The van der Waals surface area contributed by atoms with Crippen LogP contribution < -0.4 is 5.32 Å². The lowest BCUT2D eigenvalue weighted by Gasteiger charge is -2.33. The zero-order valence-electron chi connectivity index (χ0n) is 13.6. The number of anilines is 1. The van der Waals surface area contributed by atoms with Crippen molar-refractivity contribution in [2.24, 2.45) is 0 Å². The van der Waals surface area contributed by atoms with E-state index in [9.17, 15) is 9.59 Å². The molecule has 0 spiro atoms. The van der Waals surface area contributed by atoms with Gasteiger partial charge in [-0.2, -0.15) is 5.10 Å². The second-order valence-corrected chi connectivity index (χ2v) is 6.70. The fourth-order valence-electron chi connectivity index (χ4n) is 2.96. The first kappa shape index (κ1) is 16.6. The summed E-state index contributed by atoms with van der Waals surface area (Å²) in [4.78, 5) is 31.1. The van der Waals surface area contributed by atoms with Gasteiger partial charge in [0.25, 0.3) is 0 Å². The van der Waals surface area contributed by atoms with Gasteiger partial charge in [0, 0.05) is 30.7 Å². The third-order valence-electron chi connectivity index (χ3n) is 4.09. The highest BCUT2D eigenvalue weighted by atomic mass is 32.1. The van der Waals surface area contributed by atoms with Crippen LogP contribution in [0.15, 0.2) is 23.8 Å². The number of nitrogens with zero attached hydrogens (tertiary/aromatic N) is 4. The zero-order valence-corrected chi connectivity index (χ0v) is 14.5. The molecule has 2 amide bonds. The van der Waals surface area contributed by atoms with Crippen LogP contribution in [-0.2, 0) is 16.1 Å². The summed E-state index contributed by atoms with van der Waals surface area (Å²) in [6.45, 7) is 3.32. The number of aryl methyl sites for hydroxylation is 1. The Morgan fingerprint density at radius 2 is 2.25 bits per heavy atom. The molecule has 24 heavy (non-hydrogen) atoms. The fraction of sp³-hybridized carbons (Fsp3) is 0.500. The Morgan fingerprint density at radius 1 is 1.38 bits per heavy atom. The standard InChI is InChI=1S/C16H21N5O2S/c1-2-9-21-13(6-7-18-21)19-14(22)16(23)20-10-4-3-5-12(20)15-17-8-11-24-15/h6-8,11-12H,2-5,9-10H2,1H3,(H,19,22)/t12-/m1/s1. The Bertz CT molecular complexity index is 697. The second-order valence-electron chi connectivity index (χ2n) is 5.77. The van der Waals surface area contributed by atoms with Crippen molar-refractivity contribution in [1.82, 2.24) is 19.7 Å². The molecule has 0 aromatic carbocycles. The molecule has 1 aliphatic rings. The minimum atomic E-state index is -0.615. The molecule has 1 fully saturated rings. The van der Waals surface area contributed by atoms with E-state index in [1.54, 1.807) is 28.0 Å². The summed E-state index contributed by atoms with van der Waals surface area (Å²) in [7, 11) is 0. The van der Waals surface area contributed by atoms with Gasteiger partial charge in [-0.25, -0.2) is 9.67 Å². The first-order chi connectivity index (χ1) is 11.7. The summed E-state index contributed by atoms with van der Waals surface area (Å²) in [6, 6.07) is 1.60. The SMILES string of the molecule is CCCn1nccc1NC(=O)C(=O)N1CCCC[C@@H]1c1nccs1. The number of aromatic nitrogens is 3. The highest BCUT2D eigenvalue weighted by Crippen LogP contribution is 2.32. The monoisotopic (exact) mass is 347 g/mol. The molecule has 8 heteroatoms. The van der Waals surface area contributed by atoms with Crippen LogP contribution in [0.25, 0.3) is 0 Å². The molecular formula is C16H21N5O2S. The van der Waals surface area contributed by atoms with E-state index in [4.69, 9.17) is 0 Å². The number of hydrogen-bond acceptors (Lipinski definition) is 5. The van der Waals surface area contributed by atoms with Crippen molar-refractivity contribution in [3.63, 3.8) is 0 Å². The van der Waals surface area contributed by atoms with Crippen LogP contribution in [0.4, 0.5) is 5.82 Å². The Hall–Kier alpha value is -2.22. The molecule has 2 aromatic rings. The molecular weight excluding hydrogens is 326 g/mol. The molecule has 1 N–H and O–H groups in total. The van der Waals surface area contributed by atoms with E-state index >= 15 is 0 Å². The van der Waals surface area contributed by atoms with E-state index in [0.29, 0.717) is 18.9 Å². The Labute approximate surface area is 144 Å². The molecule has 7 nitrogen and oxygen atoms in total. The van der Waals surface area contributed by atoms with Crippen LogP contribution in [0.3, 0.4) is 0 Å². The summed E-state index contributed by atoms with van der Waals surface area (Å²) in [5, 5.41) is 9.64. The van der Waals surface area contributed by atoms with E-state index in [-0.39, 0.29) is 6.04 Å². The van der Waals surface area contributed by atoms with E-state index < -0.39 is 11.8 Å². The number of thiazole rings is 1.